The number of benzene rings is 1. The number of rotatable bonds is 4. The topological polar surface area (TPSA) is 59.1 Å². The van der Waals surface area contributed by atoms with E-state index >= 15 is 0 Å². The molecule has 1 atom stereocenters. The molecule has 0 radical (unpaired) electrons. The lowest BCUT2D eigenvalue weighted by molar-refractivity contribution is 0.563. The van der Waals surface area contributed by atoms with E-state index in [1.54, 1.807) is 43.5 Å². The van der Waals surface area contributed by atoms with E-state index in [9.17, 15) is 8.42 Å². The van der Waals surface area contributed by atoms with Crippen LogP contribution in [0.2, 0.25) is 0 Å². The molecule has 0 spiro atoms. The van der Waals surface area contributed by atoms with Gasteiger partial charge >= 0.3 is 0 Å². The Bertz CT molecular complexity index is 706. The summed E-state index contributed by atoms with van der Waals surface area (Å²) in [5, 5.41) is 0. The molecule has 0 fully saturated rings. The standard InChI is InChI=1S/C13H12Br2N2O2S/c1-9(12-4-2-3-7-16-12)17-20(18,19)13-8-10(14)5-6-11(13)15/h2-9,17H,1H3. The molecular weight excluding hydrogens is 408 g/mol. The van der Waals surface area contributed by atoms with Crippen LogP contribution in [-0.2, 0) is 10.0 Å². The van der Waals surface area contributed by atoms with E-state index in [-0.39, 0.29) is 4.90 Å². The maximum Gasteiger partial charge on any atom is 0.242 e. The highest BCUT2D eigenvalue weighted by Crippen LogP contribution is 2.26. The summed E-state index contributed by atoms with van der Waals surface area (Å²) in [6.45, 7) is 1.76. The third kappa shape index (κ3) is 3.66. The first kappa shape index (κ1) is 15.6. The van der Waals surface area contributed by atoms with E-state index in [4.69, 9.17) is 0 Å². The van der Waals surface area contributed by atoms with Gasteiger partial charge in [0.15, 0.2) is 0 Å². The van der Waals surface area contributed by atoms with E-state index in [0.29, 0.717) is 14.6 Å². The molecule has 1 heterocycles. The van der Waals surface area contributed by atoms with Crippen LogP contribution in [0.25, 0.3) is 0 Å². The molecule has 0 bridgehead atoms. The van der Waals surface area contributed by atoms with Gasteiger partial charge in [-0.25, -0.2) is 13.1 Å². The smallest absolute Gasteiger partial charge is 0.242 e. The molecular formula is C13H12Br2N2O2S. The van der Waals surface area contributed by atoms with Crippen molar-refractivity contribution in [1.29, 1.82) is 0 Å². The molecule has 1 N–H and O–H groups in total. The highest BCUT2D eigenvalue weighted by Gasteiger charge is 2.21. The van der Waals surface area contributed by atoms with Crippen molar-refractivity contribution in [2.75, 3.05) is 0 Å². The summed E-state index contributed by atoms with van der Waals surface area (Å²) in [7, 11) is -3.63. The molecule has 0 saturated heterocycles. The van der Waals surface area contributed by atoms with E-state index in [2.05, 4.69) is 41.6 Å². The largest absolute Gasteiger partial charge is 0.260 e. The Labute approximate surface area is 134 Å². The SMILES string of the molecule is CC(NS(=O)(=O)c1cc(Br)ccc1Br)c1ccccn1. The second-order valence-corrected chi connectivity index (χ2v) is 7.62. The van der Waals surface area contributed by atoms with E-state index < -0.39 is 16.1 Å². The zero-order chi connectivity index (χ0) is 14.8. The van der Waals surface area contributed by atoms with Gasteiger partial charge in [0, 0.05) is 15.1 Å². The zero-order valence-corrected chi connectivity index (χ0v) is 14.5. The van der Waals surface area contributed by atoms with Gasteiger partial charge in [-0.2, -0.15) is 0 Å². The molecule has 106 valence electrons. The Balaban J connectivity index is 2.30. The number of nitrogens with one attached hydrogen (secondary N) is 1. The van der Waals surface area contributed by atoms with Gasteiger partial charge < -0.3 is 0 Å². The maximum atomic E-state index is 12.4. The van der Waals surface area contributed by atoms with Crippen molar-refractivity contribution >= 4 is 41.9 Å². The molecule has 0 amide bonds. The number of aromatic nitrogens is 1. The normalized spacial score (nSPS) is 13.2. The van der Waals surface area contributed by atoms with Crippen LogP contribution in [0.15, 0.2) is 56.4 Å². The van der Waals surface area contributed by atoms with Gasteiger partial charge in [-0.05, 0) is 53.2 Å². The van der Waals surface area contributed by atoms with Gasteiger partial charge in [0.25, 0.3) is 0 Å². The monoisotopic (exact) mass is 418 g/mol. The molecule has 1 aromatic carbocycles. The molecule has 2 aromatic rings. The van der Waals surface area contributed by atoms with Crippen LogP contribution >= 0.6 is 31.9 Å². The first-order valence-electron chi connectivity index (χ1n) is 5.78. The lowest BCUT2D eigenvalue weighted by Crippen LogP contribution is -2.27. The Kier molecular flexibility index (Phi) is 4.95. The van der Waals surface area contributed by atoms with Crippen molar-refractivity contribution in [3.05, 3.63) is 57.2 Å². The predicted molar refractivity (Wildman–Crippen MR) is 84.8 cm³/mol. The van der Waals surface area contributed by atoms with Crippen LogP contribution in [0.4, 0.5) is 0 Å². The summed E-state index contributed by atoms with van der Waals surface area (Å²) in [5.41, 5.74) is 0.669. The van der Waals surface area contributed by atoms with Crippen molar-refractivity contribution in [2.45, 2.75) is 17.9 Å². The highest BCUT2D eigenvalue weighted by atomic mass is 79.9. The van der Waals surface area contributed by atoms with Gasteiger partial charge in [0.2, 0.25) is 10.0 Å². The molecule has 4 nitrogen and oxygen atoms in total. The summed E-state index contributed by atoms with van der Waals surface area (Å²) < 4.78 is 28.6. The summed E-state index contributed by atoms with van der Waals surface area (Å²) >= 11 is 6.53. The Morgan fingerprint density at radius 1 is 1.20 bits per heavy atom. The van der Waals surface area contributed by atoms with Gasteiger partial charge in [-0.15, -0.1) is 0 Å². The Morgan fingerprint density at radius 2 is 1.95 bits per heavy atom. The first-order chi connectivity index (χ1) is 9.40. The average Bonchev–Trinajstić information content (AvgIpc) is 2.42. The van der Waals surface area contributed by atoms with Gasteiger partial charge in [0.1, 0.15) is 0 Å². The van der Waals surface area contributed by atoms with Crippen LogP contribution in [-0.4, -0.2) is 13.4 Å². The van der Waals surface area contributed by atoms with Gasteiger partial charge in [0.05, 0.1) is 16.6 Å². The van der Waals surface area contributed by atoms with E-state index in [1.807, 2.05) is 6.07 Å². The first-order valence-corrected chi connectivity index (χ1v) is 8.85. The molecule has 0 saturated carbocycles. The molecule has 1 unspecified atom stereocenters. The van der Waals surface area contributed by atoms with E-state index in [0.717, 1.165) is 0 Å². The zero-order valence-electron chi connectivity index (χ0n) is 10.5. The molecule has 0 aliphatic carbocycles. The number of pyridine rings is 1. The lowest BCUT2D eigenvalue weighted by Gasteiger charge is -2.14. The molecule has 7 heteroatoms. The molecule has 0 aliphatic rings. The van der Waals surface area contributed by atoms with Crippen molar-refractivity contribution in [3.8, 4) is 0 Å². The summed E-state index contributed by atoms with van der Waals surface area (Å²) in [6, 6.07) is 9.99. The van der Waals surface area contributed by atoms with Crippen LogP contribution < -0.4 is 4.72 Å². The summed E-state index contributed by atoms with van der Waals surface area (Å²) in [5.74, 6) is 0. The number of sulfonamides is 1. The fourth-order valence-corrected chi connectivity index (χ4v) is 4.39. The minimum atomic E-state index is -3.63. The van der Waals surface area contributed by atoms with Gasteiger partial charge in [-0.3, -0.25) is 4.98 Å². The highest BCUT2D eigenvalue weighted by molar-refractivity contribution is 9.11. The summed E-state index contributed by atoms with van der Waals surface area (Å²) in [6.07, 6.45) is 1.63. The van der Waals surface area contributed by atoms with Crippen molar-refractivity contribution < 1.29 is 8.42 Å². The number of hydrogen-bond acceptors (Lipinski definition) is 3. The third-order valence-corrected chi connectivity index (χ3v) is 5.67. The Morgan fingerprint density at radius 3 is 2.60 bits per heavy atom. The van der Waals surface area contributed by atoms with Crippen molar-refractivity contribution in [2.24, 2.45) is 0 Å². The van der Waals surface area contributed by atoms with Crippen molar-refractivity contribution in [3.63, 3.8) is 0 Å². The molecule has 2 rings (SSSR count). The fourth-order valence-electron chi connectivity index (χ4n) is 1.67. The van der Waals surface area contributed by atoms with Crippen LogP contribution in [0.5, 0.6) is 0 Å². The number of hydrogen-bond donors (Lipinski definition) is 1. The Hall–Kier alpha value is -0.760. The average molecular weight is 420 g/mol. The minimum Gasteiger partial charge on any atom is -0.260 e. The third-order valence-electron chi connectivity index (χ3n) is 2.65. The molecule has 1 aromatic heterocycles. The number of nitrogens with zero attached hydrogens (tertiary/aromatic N) is 1. The van der Waals surface area contributed by atoms with Crippen LogP contribution in [0.3, 0.4) is 0 Å². The lowest BCUT2D eigenvalue weighted by atomic mass is 10.2. The van der Waals surface area contributed by atoms with Crippen molar-refractivity contribution in [1.82, 2.24) is 9.71 Å². The maximum absolute atomic E-state index is 12.4. The minimum absolute atomic E-state index is 0.189. The second kappa shape index (κ2) is 6.34. The predicted octanol–water partition coefficient (Wildman–Crippen LogP) is 3.65. The molecule has 20 heavy (non-hydrogen) atoms. The quantitative estimate of drug-likeness (QED) is 0.822. The summed E-state index contributed by atoms with van der Waals surface area (Å²) in [4.78, 5) is 4.34. The molecule has 0 aliphatic heterocycles. The second-order valence-electron chi connectivity index (χ2n) is 4.17. The number of halogens is 2. The van der Waals surface area contributed by atoms with Crippen LogP contribution in [0.1, 0.15) is 18.7 Å². The van der Waals surface area contributed by atoms with Gasteiger partial charge in [-0.1, -0.05) is 22.0 Å². The fraction of sp³-hybridized carbons (Fsp3) is 0.154. The van der Waals surface area contributed by atoms with E-state index in [1.165, 1.54) is 0 Å². The van der Waals surface area contributed by atoms with Crippen LogP contribution in [0, 0.1) is 0 Å².